The molecule has 0 amide bonds. The van der Waals surface area contributed by atoms with Crippen LogP contribution in [0, 0.1) is 27.7 Å². The van der Waals surface area contributed by atoms with Gasteiger partial charge in [0.15, 0.2) is 0 Å². The van der Waals surface area contributed by atoms with Crippen molar-refractivity contribution >= 4 is 32.9 Å². The Hall–Kier alpha value is -1.92. The monoisotopic (exact) mass is 421 g/mol. The van der Waals surface area contributed by atoms with Crippen molar-refractivity contribution in [2.75, 3.05) is 0 Å². The van der Waals surface area contributed by atoms with Crippen LogP contribution in [0.15, 0.2) is 52.8 Å². The molecule has 2 rings (SSSR count). The van der Waals surface area contributed by atoms with E-state index in [1.165, 1.54) is 32.9 Å². The number of rotatable bonds is 6. The quantitative estimate of drug-likeness (QED) is 0.331. The molecule has 0 spiro atoms. The second-order valence-corrected chi connectivity index (χ2v) is 20.1. The van der Waals surface area contributed by atoms with E-state index in [9.17, 15) is 0 Å². The molecule has 0 aliphatic rings. The van der Waals surface area contributed by atoms with Gasteiger partial charge < -0.3 is 5.32 Å². The van der Waals surface area contributed by atoms with Gasteiger partial charge in [-0.3, -0.25) is 4.99 Å². The van der Waals surface area contributed by atoms with E-state index >= 15 is 0 Å². The summed E-state index contributed by atoms with van der Waals surface area (Å²) in [7, 11) is -3.33. The molecule has 2 aromatic carbocycles. The van der Waals surface area contributed by atoms with Crippen molar-refractivity contribution in [2.24, 2.45) is 4.99 Å². The summed E-state index contributed by atoms with van der Waals surface area (Å²) in [5.41, 5.74) is 7.16. The van der Waals surface area contributed by atoms with Gasteiger partial charge in [0, 0.05) is 5.33 Å². The van der Waals surface area contributed by atoms with Crippen LogP contribution in [0.5, 0.6) is 0 Å². The highest BCUT2D eigenvalue weighted by Crippen LogP contribution is 2.36. The van der Waals surface area contributed by atoms with E-state index in [4.69, 9.17) is 10.3 Å². The van der Waals surface area contributed by atoms with Crippen molar-refractivity contribution in [1.29, 1.82) is 0 Å². The normalized spacial score (nSPS) is 13.6. The number of allylic oxidation sites excluding steroid dienone is 1. The number of aryl methyl sites for hydroxylation is 4. The van der Waals surface area contributed by atoms with Crippen molar-refractivity contribution in [2.45, 2.75) is 67.0 Å². The second-order valence-electron chi connectivity index (χ2n) is 10.1. The Kier molecular flexibility index (Phi) is 7.12. The fourth-order valence-electron chi connectivity index (χ4n) is 3.17. The Morgan fingerprint density at radius 2 is 1.17 bits per heavy atom. The Labute approximate surface area is 180 Å². The Morgan fingerprint density at radius 3 is 1.59 bits per heavy atom. The summed E-state index contributed by atoms with van der Waals surface area (Å²) in [6, 6.07) is 12.8. The zero-order chi connectivity index (χ0) is 22.0. The molecular formula is C25H37N2Si2-. The SMILES string of the molecule is Cc1cccc(C)c1N=C(/C=C(\[N-]c1c(C)cccc1C)[Si](C)(C)C)[Si](C)(C)C. The maximum Gasteiger partial charge on any atom is 0.101 e. The molecule has 0 heterocycles. The van der Waals surface area contributed by atoms with Gasteiger partial charge in [-0.05, 0) is 38.8 Å². The number of para-hydroxylation sites is 2. The predicted octanol–water partition coefficient (Wildman–Crippen LogP) is 8.34. The van der Waals surface area contributed by atoms with E-state index in [0.717, 1.165) is 11.4 Å². The molecule has 0 saturated carbocycles. The minimum atomic E-state index is -1.67. The van der Waals surface area contributed by atoms with Crippen LogP contribution >= 0.6 is 0 Å². The van der Waals surface area contributed by atoms with Gasteiger partial charge >= 0.3 is 0 Å². The molecule has 0 radical (unpaired) electrons. The van der Waals surface area contributed by atoms with E-state index in [0.29, 0.717) is 0 Å². The van der Waals surface area contributed by atoms with Crippen LogP contribution in [0.1, 0.15) is 22.3 Å². The summed E-state index contributed by atoms with van der Waals surface area (Å²) in [5.74, 6) is 0. The van der Waals surface area contributed by atoms with Gasteiger partial charge in [-0.15, -0.1) is 5.69 Å². The van der Waals surface area contributed by atoms with Gasteiger partial charge in [-0.2, -0.15) is 5.32 Å². The van der Waals surface area contributed by atoms with Gasteiger partial charge in [-0.25, -0.2) is 0 Å². The van der Waals surface area contributed by atoms with Crippen LogP contribution in [0.25, 0.3) is 5.32 Å². The van der Waals surface area contributed by atoms with Crippen LogP contribution < -0.4 is 0 Å². The topological polar surface area (TPSA) is 26.5 Å². The van der Waals surface area contributed by atoms with Crippen LogP contribution in [0.3, 0.4) is 0 Å². The van der Waals surface area contributed by atoms with Crippen molar-refractivity contribution in [3.8, 4) is 0 Å². The first kappa shape index (κ1) is 23.4. The highest BCUT2D eigenvalue weighted by molar-refractivity contribution is 7.06. The Balaban J connectivity index is 2.65. The lowest BCUT2D eigenvalue weighted by molar-refractivity contribution is 1.33. The fraction of sp³-hybridized carbons (Fsp3) is 0.400. The van der Waals surface area contributed by atoms with Gasteiger partial charge in [0.05, 0.1) is 13.8 Å². The lowest BCUT2D eigenvalue weighted by atomic mass is 10.1. The molecule has 156 valence electrons. The largest absolute Gasteiger partial charge is 0.664 e. The second kappa shape index (κ2) is 8.84. The summed E-state index contributed by atoms with van der Waals surface area (Å²) < 4.78 is 0. The van der Waals surface area contributed by atoms with Gasteiger partial charge in [0.1, 0.15) is 8.07 Å². The number of hydrogen-bond acceptors (Lipinski definition) is 1. The molecule has 0 aliphatic heterocycles. The number of nitrogens with zero attached hydrogens (tertiary/aromatic N) is 2. The van der Waals surface area contributed by atoms with E-state index in [-0.39, 0.29) is 0 Å². The van der Waals surface area contributed by atoms with Crippen molar-refractivity contribution in [3.63, 3.8) is 0 Å². The van der Waals surface area contributed by atoms with E-state index in [2.05, 4.69) is 109 Å². The molecule has 2 aromatic rings. The van der Waals surface area contributed by atoms with Gasteiger partial charge in [-0.1, -0.05) is 92.9 Å². The lowest BCUT2D eigenvalue weighted by Crippen LogP contribution is -2.34. The summed E-state index contributed by atoms with van der Waals surface area (Å²) >= 11 is 0. The number of aliphatic imine (C=N–C) groups is 1. The fourth-order valence-corrected chi connectivity index (χ4v) is 5.35. The summed E-state index contributed by atoms with van der Waals surface area (Å²) in [6.07, 6.45) is 2.33. The Bertz CT molecular complexity index is 902. The third-order valence-electron chi connectivity index (χ3n) is 5.15. The first-order valence-electron chi connectivity index (χ1n) is 10.5. The molecule has 2 nitrogen and oxygen atoms in total. The summed E-state index contributed by atoms with van der Waals surface area (Å²) in [5, 5.41) is 7.68. The molecule has 0 saturated heterocycles. The minimum absolute atomic E-state index is 1.11. The summed E-state index contributed by atoms with van der Waals surface area (Å²) in [4.78, 5) is 5.23. The third-order valence-corrected chi connectivity index (χ3v) is 8.74. The smallest absolute Gasteiger partial charge is 0.101 e. The molecule has 0 bridgehead atoms. The summed E-state index contributed by atoms with van der Waals surface area (Å²) in [6.45, 7) is 22.8. The van der Waals surface area contributed by atoms with Crippen molar-refractivity contribution in [1.82, 2.24) is 0 Å². The molecule has 0 aliphatic carbocycles. The molecule has 0 atom stereocenters. The molecule has 4 heteroatoms. The maximum atomic E-state index is 5.23. The van der Waals surface area contributed by atoms with Gasteiger partial charge in [0.2, 0.25) is 0 Å². The average molecular weight is 422 g/mol. The lowest BCUT2D eigenvalue weighted by Gasteiger charge is -2.38. The van der Waals surface area contributed by atoms with E-state index in [1.807, 2.05) is 0 Å². The van der Waals surface area contributed by atoms with Crippen LogP contribution in [-0.2, 0) is 0 Å². The van der Waals surface area contributed by atoms with E-state index in [1.54, 1.807) is 0 Å². The third kappa shape index (κ3) is 6.03. The molecule has 0 unspecified atom stereocenters. The highest BCUT2D eigenvalue weighted by Gasteiger charge is 2.23. The van der Waals surface area contributed by atoms with Crippen LogP contribution in [-0.4, -0.2) is 21.5 Å². The first-order valence-corrected chi connectivity index (χ1v) is 17.5. The molecule has 29 heavy (non-hydrogen) atoms. The first-order chi connectivity index (χ1) is 13.3. The Morgan fingerprint density at radius 1 is 0.724 bits per heavy atom. The average Bonchev–Trinajstić information content (AvgIpc) is 2.56. The zero-order valence-electron chi connectivity index (χ0n) is 19.9. The standard InChI is InChI=1S/C25H37N2Si2/c1-18-13-11-14-19(2)24(18)26-22(28(5,6)7)17-23(29(8,9)10)27-25-20(3)15-12-16-21(25)4/h11-17H,1-10H3/q-1/b22-17+,27-23?. The van der Waals surface area contributed by atoms with Crippen LogP contribution in [0.4, 0.5) is 11.4 Å². The zero-order valence-corrected chi connectivity index (χ0v) is 21.9. The van der Waals surface area contributed by atoms with Gasteiger partial charge in [0.25, 0.3) is 0 Å². The van der Waals surface area contributed by atoms with E-state index < -0.39 is 16.1 Å². The predicted molar refractivity (Wildman–Crippen MR) is 137 cm³/mol. The minimum Gasteiger partial charge on any atom is -0.664 e. The molecular weight excluding hydrogens is 384 g/mol. The number of benzene rings is 2. The van der Waals surface area contributed by atoms with Crippen LogP contribution in [0.2, 0.25) is 39.3 Å². The molecule has 0 aromatic heterocycles. The molecule has 0 N–H and O–H groups in total. The number of hydrogen-bond donors (Lipinski definition) is 0. The maximum absolute atomic E-state index is 5.23. The van der Waals surface area contributed by atoms with Crippen molar-refractivity contribution < 1.29 is 0 Å². The van der Waals surface area contributed by atoms with Crippen molar-refractivity contribution in [3.05, 3.63) is 75.4 Å². The highest BCUT2D eigenvalue weighted by atomic mass is 28.3. The molecule has 0 fully saturated rings.